The maximum absolute atomic E-state index is 11.0. The van der Waals surface area contributed by atoms with E-state index in [2.05, 4.69) is 57.4 Å². The summed E-state index contributed by atoms with van der Waals surface area (Å²) in [7, 11) is 0. The average molecular weight is 385 g/mol. The first-order valence-electron chi connectivity index (χ1n) is 10.4. The van der Waals surface area contributed by atoms with Gasteiger partial charge in [0.25, 0.3) is 0 Å². The molecule has 4 rings (SSSR count). The summed E-state index contributed by atoms with van der Waals surface area (Å²) in [5.74, 6) is 1.35. The van der Waals surface area contributed by atoms with Gasteiger partial charge in [0.15, 0.2) is 0 Å². The van der Waals surface area contributed by atoms with Crippen molar-refractivity contribution in [3.63, 3.8) is 0 Å². The highest BCUT2D eigenvalue weighted by molar-refractivity contribution is 7.08. The van der Waals surface area contributed by atoms with Crippen LogP contribution in [0.1, 0.15) is 42.7 Å². The van der Waals surface area contributed by atoms with Gasteiger partial charge in [-0.2, -0.15) is 11.3 Å². The van der Waals surface area contributed by atoms with Crippen molar-refractivity contribution in [3.8, 4) is 0 Å². The normalized spacial score (nSPS) is 25.7. The molecule has 3 nitrogen and oxygen atoms in total. The molecule has 2 aliphatic rings. The van der Waals surface area contributed by atoms with Crippen LogP contribution in [0.3, 0.4) is 0 Å². The molecular weight excluding hydrogens is 352 g/mol. The van der Waals surface area contributed by atoms with Crippen molar-refractivity contribution in [1.82, 2.24) is 10.2 Å². The third kappa shape index (κ3) is 5.00. The third-order valence-corrected chi connectivity index (χ3v) is 7.24. The number of aryl methyl sites for hydroxylation is 1. The second-order valence-electron chi connectivity index (χ2n) is 8.45. The van der Waals surface area contributed by atoms with Crippen molar-refractivity contribution in [3.05, 3.63) is 58.3 Å². The fourth-order valence-corrected chi connectivity index (χ4v) is 5.53. The molecule has 0 amide bonds. The summed E-state index contributed by atoms with van der Waals surface area (Å²) in [5, 5.41) is 19.1. The topological polar surface area (TPSA) is 35.5 Å². The molecule has 2 fully saturated rings. The number of rotatable bonds is 7. The van der Waals surface area contributed by atoms with Crippen molar-refractivity contribution < 1.29 is 5.11 Å². The van der Waals surface area contributed by atoms with E-state index in [1.807, 2.05) is 0 Å². The molecule has 0 aliphatic carbocycles. The van der Waals surface area contributed by atoms with Crippen molar-refractivity contribution in [2.45, 2.75) is 43.6 Å². The van der Waals surface area contributed by atoms with Crippen LogP contribution in [0, 0.1) is 5.92 Å². The Morgan fingerprint density at radius 2 is 1.93 bits per heavy atom. The Morgan fingerprint density at radius 1 is 1.11 bits per heavy atom. The summed E-state index contributed by atoms with van der Waals surface area (Å²) < 4.78 is 0. The number of benzene rings is 1. The van der Waals surface area contributed by atoms with Crippen LogP contribution in [0.5, 0.6) is 0 Å². The van der Waals surface area contributed by atoms with E-state index in [0.717, 1.165) is 64.8 Å². The highest BCUT2D eigenvalue weighted by Gasteiger charge is 2.35. The summed E-state index contributed by atoms with van der Waals surface area (Å²) in [6.07, 6.45) is 4.92. The standard InChI is InChI=1S/C23H32N2OS/c26-23(9-4-7-19-5-2-1-3-6-19)10-12-25(13-11-23)17-21-15-24-16-22(21)20-8-14-27-18-20/h1-3,5-6,8,14,18,21-22,24,26H,4,7,9-13,15-17H2. The lowest BCUT2D eigenvalue weighted by Gasteiger charge is -2.39. The zero-order chi connectivity index (χ0) is 18.5. The summed E-state index contributed by atoms with van der Waals surface area (Å²) >= 11 is 1.81. The number of aliphatic hydroxyl groups is 1. The van der Waals surface area contributed by atoms with E-state index in [0.29, 0.717) is 11.8 Å². The molecule has 2 atom stereocenters. The van der Waals surface area contributed by atoms with E-state index < -0.39 is 5.60 Å². The molecule has 1 aromatic carbocycles. The Bertz CT molecular complexity index is 680. The van der Waals surface area contributed by atoms with E-state index in [9.17, 15) is 5.11 Å². The van der Waals surface area contributed by atoms with Gasteiger partial charge in [-0.15, -0.1) is 0 Å². The number of thiophene rings is 1. The smallest absolute Gasteiger partial charge is 0.0672 e. The van der Waals surface area contributed by atoms with Crippen LogP contribution in [-0.2, 0) is 6.42 Å². The van der Waals surface area contributed by atoms with Crippen molar-refractivity contribution in [1.29, 1.82) is 0 Å². The lowest BCUT2D eigenvalue weighted by Crippen LogP contribution is -2.46. The van der Waals surface area contributed by atoms with Crippen LogP contribution in [0.2, 0.25) is 0 Å². The molecule has 2 aromatic rings. The number of likely N-dealkylation sites (tertiary alicyclic amines) is 1. The summed E-state index contributed by atoms with van der Waals surface area (Å²) in [4.78, 5) is 2.59. The van der Waals surface area contributed by atoms with Gasteiger partial charge in [0, 0.05) is 32.1 Å². The number of hydrogen-bond acceptors (Lipinski definition) is 4. The molecule has 2 unspecified atom stereocenters. The number of hydrogen-bond donors (Lipinski definition) is 2. The van der Waals surface area contributed by atoms with Crippen LogP contribution in [0.25, 0.3) is 0 Å². The van der Waals surface area contributed by atoms with E-state index >= 15 is 0 Å². The number of nitrogens with one attached hydrogen (secondary N) is 1. The van der Waals surface area contributed by atoms with Gasteiger partial charge < -0.3 is 15.3 Å². The van der Waals surface area contributed by atoms with Gasteiger partial charge in [0.2, 0.25) is 0 Å². The highest BCUT2D eigenvalue weighted by Crippen LogP contribution is 2.33. The Morgan fingerprint density at radius 3 is 2.67 bits per heavy atom. The molecule has 146 valence electrons. The SMILES string of the molecule is OC1(CCCc2ccccc2)CCN(CC2CNCC2c2ccsc2)CC1. The van der Waals surface area contributed by atoms with Gasteiger partial charge in [-0.05, 0) is 72.5 Å². The minimum atomic E-state index is -0.452. The summed E-state index contributed by atoms with van der Waals surface area (Å²) in [6, 6.07) is 12.9. The Kier molecular flexibility index (Phi) is 6.28. The van der Waals surface area contributed by atoms with Gasteiger partial charge in [-0.3, -0.25) is 0 Å². The second kappa shape index (κ2) is 8.87. The monoisotopic (exact) mass is 384 g/mol. The van der Waals surface area contributed by atoms with E-state index in [1.54, 1.807) is 11.3 Å². The first-order valence-corrected chi connectivity index (χ1v) is 11.4. The van der Waals surface area contributed by atoms with Crippen molar-refractivity contribution >= 4 is 11.3 Å². The quantitative estimate of drug-likeness (QED) is 0.760. The first-order chi connectivity index (χ1) is 13.2. The molecule has 1 aromatic heterocycles. The minimum absolute atomic E-state index is 0.452. The molecule has 0 bridgehead atoms. The minimum Gasteiger partial charge on any atom is -0.390 e. The predicted molar refractivity (Wildman–Crippen MR) is 113 cm³/mol. The van der Waals surface area contributed by atoms with Crippen LogP contribution in [0.15, 0.2) is 47.2 Å². The molecule has 4 heteroatoms. The Labute approximate surface area is 167 Å². The van der Waals surface area contributed by atoms with Crippen LogP contribution < -0.4 is 5.32 Å². The van der Waals surface area contributed by atoms with Crippen molar-refractivity contribution in [2.75, 3.05) is 32.7 Å². The van der Waals surface area contributed by atoms with E-state index in [1.165, 1.54) is 11.1 Å². The number of nitrogens with zero attached hydrogens (tertiary/aromatic N) is 1. The van der Waals surface area contributed by atoms with Gasteiger partial charge >= 0.3 is 0 Å². The third-order valence-electron chi connectivity index (χ3n) is 6.54. The van der Waals surface area contributed by atoms with Gasteiger partial charge in [0.05, 0.1) is 5.60 Å². The average Bonchev–Trinajstić information content (AvgIpc) is 3.36. The van der Waals surface area contributed by atoms with Gasteiger partial charge in [-0.25, -0.2) is 0 Å². The van der Waals surface area contributed by atoms with Crippen LogP contribution >= 0.6 is 11.3 Å². The second-order valence-corrected chi connectivity index (χ2v) is 9.23. The fourth-order valence-electron chi connectivity index (χ4n) is 4.80. The zero-order valence-corrected chi connectivity index (χ0v) is 17.0. The molecule has 2 saturated heterocycles. The molecule has 0 radical (unpaired) electrons. The van der Waals surface area contributed by atoms with Gasteiger partial charge in [0.1, 0.15) is 0 Å². The van der Waals surface area contributed by atoms with E-state index in [4.69, 9.17) is 0 Å². The maximum atomic E-state index is 11.0. The lowest BCUT2D eigenvalue weighted by atomic mass is 9.84. The summed E-state index contributed by atoms with van der Waals surface area (Å²) in [5.41, 5.74) is 2.43. The van der Waals surface area contributed by atoms with Crippen molar-refractivity contribution in [2.24, 2.45) is 5.92 Å². The molecule has 27 heavy (non-hydrogen) atoms. The first kappa shape index (κ1) is 19.1. The largest absolute Gasteiger partial charge is 0.390 e. The molecule has 2 N–H and O–H groups in total. The molecule has 0 spiro atoms. The fraction of sp³-hybridized carbons (Fsp3) is 0.565. The Balaban J connectivity index is 1.22. The molecule has 0 saturated carbocycles. The Hall–Kier alpha value is -1.20. The lowest BCUT2D eigenvalue weighted by molar-refractivity contribution is -0.0314. The predicted octanol–water partition coefficient (Wildman–Crippen LogP) is 3.90. The zero-order valence-electron chi connectivity index (χ0n) is 16.1. The molecule has 2 aliphatic heterocycles. The maximum Gasteiger partial charge on any atom is 0.0672 e. The number of piperidine rings is 1. The highest BCUT2D eigenvalue weighted by atomic mass is 32.1. The van der Waals surface area contributed by atoms with E-state index in [-0.39, 0.29) is 0 Å². The van der Waals surface area contributed by atoms with Gasteiger partial charge in [-0.1, -0.05) is 30.3 Å². The molecular formula is C23H32N2OS. The van der Waals surface area contributed by atoms with Crippen LogP contribution in [-0.4, -0.2) is 48.3 Å². The summed E-state index contributed by atoms with van der Waals surface area (Å²) in [6.45, 7) is 5.47. The van der Waals surface area contributed by atoms with Crippen LogP contribution in [0.4, 0.5) is 0 Å². The molecule has 3 heterocycles.